The van der Waals surface area contributed by atoms with Crippen LogP contribution in [0.5, 0.6) is 0 Å². The Balaban J connectivity index is 1.65. The Bertz CT molecular complexity index is 638. The van der Waals surface area contributed by atoms with Crippen LogP contribution in [0.25, 0.3) is 0 Å². The Morgan fingerprint density at radius 2 is 1.88 bits per heavy atom. The molecular formula is C19H29N3O3. The Kier molecular flexibility index (Phi) is 5.16. The Morgan fingerprint density at radius 3 is 2.40 bits per heavy atom. The summed E-state index contributed by atoms with van der Waals surface area (Å²) in [5, 5.41) is 13.5. The molecule has 2 fully saturated rings. The number of piperidine rings is 1. The molecule has 6 nitrogen and oxygen atoms in total. The third kappa shape index (κ3) is 3.31. The molecule has 0 bridgehead atoms. The molecule has 1 saturated carbocycles. The number of carbonyl (C=O) groups excluding carboxylic acids is 1. The van der Waals surface area contributed by atoms with Crippen LogP contribution in [0.4, 0.5) is 0 Å². The molecule has 2 aliphatic rings. The van der Waals surface area contributed by atoms with Crippen LogP contribution >= 0.6 is 0 Å². The Hall–Kier alpha value is -1.85. The van der Waals surface area contributed by atoms with Crippen molar-refractivity contribution in [1.29, 1.82) is 0 Å². The van der Waals surface area contributed by atoms with Gasteiger partial charge < -0.3 is 10.0 Å². The van der Waals surface area contributed by atoms with Gasteiger partial charge in [-0.15, -0.1) is 0 Å². The zero-order valence-electron chi connectivity index (χ0n) is 15.3. The smallest absolute Gasteiger partial charge is 0.339 e. The first-order valence-electron chi connectivity index (χ1n) is 9.55. The van der Waals surface area contributed by atoms with Crippen molar-refractivity contribution in [2.24, 2.45) is 5.41 Å². The van der Waals surface area contributed by atoms with Crippen LogP contribution in [0.3, 0.4) is 0 Å². The molecule has 0 aromatic carbocycles. The summed E-state index contributed by atoms with van der Waals surface area (Å²) in [6.45, 7) is 5.44. The summed E-state index contributed by atoms with van der Waals surface area (Å²) < 4.78 is 1.83. The lowest BCUT2D eigenvalue weighted by Gasteiger charge is -2.42. The maximum atomic E-state index is 13.1. The van der Waals surface area contributed by atoms with Gasteiger partial charge >= 0.3 is 5.97 Å². The van der Waals surface area contributed by atoms with Crippen molar-refractivity contribution >= 4 is 11.9 Å². The molecule has 138 valence electrons. The van der Waals surface area contributed by atoms with Crippen LogP contribution in [0.1, 0.15) is 80.4 Å². The minimum Gasteiger partial charge on any atom is -0.478 e. The van der Waals surface area contributed by atoms with Gasteiger partial charge in [0.15, 0.2) is 0 Å². The first kappa shape index (κ1) is 18.0. The van der Waals surface area contributed by atoms with Crippen molar-refractivity contribution in [3.8, 4) is 0 Å². The largest absolute Gasteiger partial charge is 0.478 e. The van der Waals surface area contributed by atoms with Gasteiger partial charge in [0, 0.05) is 18.5 Å². The van der Waals surface area contributed by atoms with Gasteiger partial charge in [-0.2, -0.15) is 5.10 Å². The number of likely N-dealkylation sites (tertiary alicyclic amines) is 1. The number of carbonyl (C=O) groups is 2. The van der Waals surface area contributed by atoms with Gasteiger partial charge in [-0.3, -0.25) is 9.48 Å². The second-order valence-corrected chi connectivity index (χ2v) is 7.61. The van der Waals surface area contributed by atoms with Crippen molar-refractivity contribution in [3.05, 3.63) is 17.5 Å². The maximum Gasteiger partial charge on any atom is 0.339 e. The summed E-state index contributed by atoms with van der Waals surface area (Å²) in [6, 6.07) is 0.182. The quantitative estimate of drug-likeness (QED) is 0.905. The average Bonchev–Trinajstić information content (AvgIpc) is 3.03. The number of carboxylic acids is 1. The molecule has 2 heterocycles. The van der Waals surface area contributed by atoms with Gasteiger partial charge in [-0.25, -0.2) is 4.79 Å². The molecule has 1 saturated heterocycles. The molecule has 0 unspecified atom stereocenters. The minimum absolute atomic E-state index is 0.136. The third-order valence-electron chi connectivity index (χ3n) is 6.31. The summed E-state index contributed by atoms with van der Waals surface area (Å²) in [5.74, 6) is -0.588. The fourth-order valence-electron chi connectivity index (χ4n) is 4.60. The number of rotatable bonds is 4. The lowest BCUT2D eigenvalue weighted by atomic mass is 9.71. The maximum absolute atomic E-state index is 13.1. The van der Waals surface area contributed by atoms with Crippen molar-refractivity contribution in [2.45, 2.75) is 71.3 Å². The highest BCUT2D eigenvalue weighted by atomic mass is 16.4. The SMILES string of the molecule is CCC1(C(=O)N2CCC(n3ncc(C(=O)O)c3C)CC2)CCCCC1. The van der Waals surface area contributed by atoms with Gasteiger partial charge in [-0.1, -0.05) is 26.2 Å². The highest BCUT2D eigenvalue weighted by molar-refractivity contribution is 5.88. The first-order chi connectivity index (χ1) is 12.0. The van der Waals surface area contributed by atoms with Crippen molar-refractivity contribution in [3.63, 3.8) is 0 Å². The lowest BCUT2D eigenvalue weighted by molar-refractivity contribution is -0.146. The molecule has 0 spiro atoms. The summed E-state index contributed by atoms with van der Waals surface area (Å²) in [4.78, 5) is 26.4. The van der Waals surface area contributed by atoms with E-state index in [1.54, 1.807) is 0 Å². The van der Waals surface area contributed by atoms with Crippen LogP contribution in [0.2, 0.25) is 0 Å². The Labute approximate surface area is 149 Å². The molecule has 1 N–H and O–H groups in total. The summed E-state index contributed by atoms with van der Waals surface area (Å²) in [6.07, 6.45) is 9.70. The van der Waals surface area contributed by atoms with E-state index in [0.29, 0.717) is 11.6 Å². The predicted octanol–water partition coefficient (Wildman–Crippen LogP) is 3.41. The monoisotopic (exact) mass is 347 g/mol. The zero-order chi connectivity index (χ0) is 18.0. The molecule has 25 heavy (non-hydrogen) atoms. The Morgan fingerprint density at radius 1 is 1.24 bits per heavy atom. The van der Waals surface area contributed by atoms with Crippen LogP contribution in [-0.2, 0) is 4.79 Å². The second-order valence-electron chi connectivity index (χ2n) is 7.61. The van der Waals surface area contributed by atoms with Gasteiger partial charge in [0.1, 0.15) is 5.56 Å². The van der Waals surface area contributed by atoms with E-state index in [0.717, 1.165) is 45.2 Å². The predicted molar refractivity (Wildman–Crippen MR) is 94.6 cm³/mol. The normalized spacial score (nSPS) is 21.3. The third-order valence-corrected chi connectivity index (χ3v) is 6.31. The van der Waals surface area contributed by atoms with Crippen LogP contribution in [0, 0.1) is 12.3 Å². The fourth-order valence-corrected chi connectivity index (χ4v) is 4.60. The van der Waals surface area contributed by atoms with E-state index in [2.05, 4.69) is 12.0 Å². The second kappa shape index (κ2) is 7.18. The lowest BCUT2D eigenvalue weighted by Crippen LogP contribution is -2.48. The van der Waals surface area contributed by atoms with E-state index < -0.39 is 5.97 Å². The molecule has 1 aromatic rings. The van der Waals surface area contributed by atoms with Gasteiger partial charge in [0.2, 0.25) is 5.91 Å². The topological polar surface area (TPSA) is 75.4 Å². The highest BCUT2D eigenvalue weighted by Crippen LogP contribution is 2.41. The number of aromatic nitrogens is 2. The number of aromatic carboxylic acids is 1. The molecule has 1 aliphatic carbocycles. The minimum atomic E-state index is -0.932. The van der Waals surface area contributed by atoms with E-state index in [9.17, 15) is 14.7 Å². The number of amides is 1. The van der Waals surface area contributed by atoms with E-state index in [1.807, 2.05) is 16.5 Å². The summed E-state index contributed by atoms with van der Waals surface area (Å²) in [5.41, 5.74) is 0.837. The van der Waals surface area contributed by atoms with Gasteiger partial charge in [-0.05, 0) is 39.0 Å². The van der Waals surface area contributed by atoms with E-state index in [-0.39, 0.29) is 17.0 Å². The first-order valence-corrected chi connectivity index (χ1v) is 9.55. The fraction of sp³-hybridized carbons (Fsp3) is 0.737. The van der Waals surface area contributed by atoms with Crippen LogP contribution < -0.4 is 0 Å². The van der Waals surface area contributed by atoms with E-state index >= 15 is 0 Å². The molecule has 0 radical (unpaired) electrons. The zero-order valence-corrected chi connectivity index (χ0v) is 15.3. The number of nitrogens with zero attached hydrogens (tertiary/aromatic N) is 3. The molecule has 0 atom stereocenters. The van der Waals surface area contributed by atoms with Crippen LogP contribution in [-0.4, -0.2) is 44.8 Å². The number of carboxylic acid groups (broad SMARTS) is 1. The van der Waals surface area contributed by atoms with Gasteiger partial charge in [0.25, 0.3) is 0 Å². The van der Waals surface area contributed by atoms with E-state index in [1.165, 1.54) is 25.5 Å². The molecular weight excluding hydrogens is 318 g/mol. The number of hydrogen-bond acceptors (Lipinski definition) is 3. The van der Waals surface area contributed by atoms with Gasteiger partial charge in [0.05, 0.1) is 17.9 Å². The number of hydrogen-bond donors (Lipinski definition) is 1. The van der Waals surface area contributed by atoms with Crippen molar-refractivity contribution in [1.82, 2.24) is 14.7 Å². The highest BCUT2D eigenvalue weighted by Gasteiger charge is 2.41. The molecule has 3 rings (SSSR count). The van der Waals surface area contributed by atoms with Crippen molar-refractivity contribution in [2.75, 3.05) is 13.1 Å². The molecule has 6 heteroatoms. The van der Waals surface area contributed by atoms with Crippen LogP contribution in [0.15, 0.2) is 6.20 Å². The molecule has 1 aliphatic heterocycles. The van der Waals surface area contributed by atoms with Crippen molar-refractivity contribution < 1.29 is 14.7 Å². The standard InChI is InChI=1S/C19H29N3O3/c1-3-19(9-5-4-6-10-19)18(25)21-11-7-15(8-12-21)22-14(2)16(13-20-22)17(23)24/h13,15H,3-12H2,1-2H3,(H,23,24). The molecule has 1 amide bonds. The summed E-state index contributed by atoms with van der Waals surface area (Å²) in [7, 11) is 0. The van der Waals surface area contributed by atoms with E-state index in [4.69, 9.17) is 0 Å². The summed E-state index contributed by atoms with van der Waals surface area (Å²) >= 11 is 0. The molecule has 1 aromatic heterocycles. The average molecular weight is 347 g/mol.